The number of ketones is 1. The van der Waals surface area contributed by atoms with Crippen LogP contribution < -0.4 is 9.47 Å². The fourth-order valence-electron chi connectivity index (χ4n) is 7.70. The summed E-state index contributed by atoms with van der Waals surface area (Å²) in [7, 11) is 0. The monoisotopic (exact) mass is 680 g/mol. The maximum Gasteiger partial charge on any atom is 0.283 e. The summed E-state index contributed by atoms with van der Waals surface area (Å²) in [5.74, 6) is 1.83. The van der Waals surface area contributed by atoms with Crippen LogP contribution in [0.4, 0.5) is 5.69 Å². The van der Waals surface area contributed by atoms with Crippen LogP contribution in [0.25, 0.3) is 17.1 Å². The molecule has 0 amide bonds. The second-order valence-electron chi connectivity index (χ2n) is 13.8. The van der Waals surface area contributed by atoms with E-state index in [9.17, 15) is 9.90 Å². The minimum atomic E-state index is -1.09. The SMILES string of the molecule is CCN1C(=CC2=C(SCc3ccc(C(C)(O)c4ccccc4)cc3)C(=Cc3n(CC)c4ccccc4[n+]3CC)C2=O)C(C)(C)c2ccccc21. The number of thioether (sulfide) groups is 1. The number of para-hydroxylation sites is 3. The van der Waals surface area contributed by atoms with Gasteiger partial charge in [-0.05, 0) is 74.2 Å². The van der Waals surface area contributed by atoms with E-state index in [0.717, 1.165) is 63.9 Å². The topological polar surface area (TPSA) is 49.4 Å². The van der Waals surface area contributed by atoms with Crippen LogP contribution in [-0.4, -0.2) is 22.0 Å². The number of imidazole rings is 1. The molecule has 1 atom stereocenters. The Morgan fingerprint density at radius 1 is 0.820 bits per heavy atom. The van der Waals surface area contributed by atoms with Crippen LogP contribution in [0.5, 0.6) is 0 Å². The van der Waals surface area contributed by atoms with E-state index in [0.29, 0.717) is 5.75 Å². The van der Waals surface area contributed by atoms with Gasteiger partial charge in [-0.15, -0.1) is 11.8 Å². The van der Waals surface area contributed by atoms with Gasteiger partial charge >= 0.3 is 0 Å². The zero-order chi connectivity index (χ0) is 35.2. The Balaban J connectivity index is 1.29. The minimum Gasteiger partial charge on any atom is -0.381 e. The first-order chi connectivity index (χ1) is 24.1. The van der Waals surface area contributed by atoms with E-state index < -0.39 is 5.60 Å². The highest BCUT2D eigenvalue weighted by Crippen LogP contribution is 2.50. The van der Waals surface area contributed by atoms with Gasteiger partial charge in [0.25, 0.3) is 5.82 Å². The quantitative estimate of drug-likeness (QED) is 0.118. The van der Waals surface area contributed by atoms with Gasteiger partial charge < -0.3 is 10.0 Å². The molecule has 0 saturated heterocycles. The fourth-order valence-corrected chi connectivity index (χ4v) is 8.82. The third-order valence-corrected chi connectivity index (χ3v) is 11.7. The van der Waals surface area contributed by atoms with Crippen molar-refractivity contribution in [2.24, 2.45) is 0 Å². The fraction of sp³-hybridized carbons (Fsp3) is 0.273. The average molecular weight is 681 g/mol. The number of allylic oxidation sites excluding steroid dienone is 4. The van der Waals surface area contributed by atoms with Gasteiger partial charge in [0, 0.05) is 51.2 Å². The van der Waals surface area contributed by atoms with Crippen molar-refractivity contribution < 1.29 is 14.5 Å². The van der Waals surface area contributed by atoms with Crippen molar-refractivity contribution in [3.05, 3.63) is 159 Å². The maximum atomic E-state index is 14.3. The van der Waals surface area contributed by atoms with Gasteiger partial charge in [-0.3, -0.25) is 4.79 Å². The van der Waals surface area contributed by atoms with Crippen LogP contribution in [0.1, 0.15) is 69.6 Å². The van der Waals surface area contributed by atoms with Gasteiger partial charge in [0.05, 0.1) is 13.1 Å². The standard InChI is InChI=1S/C44H46N3O2S/c1-7-45-36-20-14-13-19-35(36)43(4,5)39(45)27-33-41(48)34(28-40-46(8-2)37-21-15-16-22-38(37)47(40)9-3)42(33)50-29-30-23-25-32(26-24-30)44(6,49)31-17-11-10-12-18-31/h10-28,49H,7-9,29H2,1-6H3/q+1. The van der Waals surface area contributed by atoms with E-state index in [1.54, 1.807) is 11.8 Å². The largest absolute Gasteiger partial charge is 0.381 e. The molecule has 7 rings (SSSR count). The first kappa shape index (κ1) is 33.8. The molecule has 1 aliphatic heterocycles. The summed E-state index contributed by atoms with van der Waals surface area (Å²) in [6.45, 7) is 15.3. The zero-order valence-electron chi connectivity index (χ0n) is 29.9. The lowest BCUT2D eigenvalue weighted by Gasteiger charge is -2.30. The van der Waals surface area contributed by atoms with Crippen molar-refractivity contribution >= 4 is 40.3 Å². The van der Waals surface area contributed by atoms with E-state index in [4.69, 9.17) is 0 Å². The third kappa shape index (κ3) is 5.55. The van der Waals surface area contributed by atoms with Gasteiger partial charge in [0.2, 0.25) is 0 Å². The van der Waals surface area contributed by atoms with Crippen molar-refractivity contribution in [3.8, 4) is 0 Å². The lowest BCUT2D eigenvalue weighted by molar-refractivity contribution is -0.670. The Hall–Kier alpha value is -4.65. The number of Topliss-reactive ketones (excluding diaryl/α,β-unsaturated/α-hetero) is 1. The summed E-state index contributed by atoms with van der Waals surface area (Å²) in [4.78, 5) is 17.7. The first-order valence-corrected chi connectivity index (χ1v) is 18.7. The van der Waals surface area contributed by atoms with Crippen LogP contribution in [0.15, 0.2) is 131 Å². The molecule has 0 saturated carbocycles. The Kier molecular flexibility index (Phi) is 8.96. The van der Waals surface area contributed by atoms with Crippen molar-refractivity contribution in [1.29, 1.82) is 0 Å². The molecule has 0 spiro atoms. The second kappa shape index (κ2) is 13.2. The van der Waals surface area contributed by atoms with E-state index in [2.05, 4.69) is 121 Å². The van der Waals surface area contributed by atoms with Crippen LogP contribution in [0.2, 0.25) is 0 Å². The van der Waals surface area contributed by atoms with Crippen molar-refractivity contribution in [2.75, 3.05) is 11.4 Å². The summed E-state index contributed by atoms with van der Waals surface area (Å²) in [6.07, 6.45) is 4.28. The Morgan fingerprint density at radius 2 is 1.48 bits per heavy atom. The number of hydrogen-bond acceptors (Lipinski definition) is 4. The Morgan fingerprint density at radius 3 is 2.18 bits per heavy atom. The maximum absolute atomic E-state index is 14.3. The number of aliphatic hydroxyl groups is 1. The molecule has 0 radical (unpaired) electrons. The van der Waals surface area contributed by atoms with Crippen LogP contribution in [0.3, 0.4) is 0 Å². The normalized spacial score (nSPS) is 18.2. The van der Waals surface area contributed by atoms with Crippen LogP contribution in [-0.2, 0) is 34.7 Å². The molecule has 0 bridgehead atoms. The predicted octanol–water partition coefficient (Wildman–Crippen LogP) is 9.08. The van der Waals surface area contributed by atoms with E-state index >= 15 is 0 Å². The average Bonchev–Trinajstić information content (AvgIpc) is 3.57. The highest BCUT2D eigenvalue weighted by molar-refractivity contribution is 8.02. The van der Waals surface area contributed by atoms with Gasteiger partial charge in [-0.25, -0.2) is 9.13 Å². The smallest absolute Gasteiger partial charge is 0.283 e. The molecular formula is C44H46N3O2S+. The number of hydrogen-bond donors (Lipinski definition) is 1. The number of benzene rings is 4. The zero-order valence-corrected chi connectivity index (χ0v) is 30.7. The molecule has 254 valence electrons. The first-order valence-electron chi connectivity index (χ1n) is 17.7. The Bertz CT molecular complexity index is 2140. The van der Waals surface area contributed by atoms with E-state index in [-0.39, 0.29) is 11.2 Å². The summed E-state index contributed by atoms with van der Waals surface area (Å²) >= 11 is 1.72. The van der Waals surface area contributed by atoms with Gasteiger partial charge in [0.1, 0.15) is 5.60 Å². The molecule has 5 aromatic rings. The molecule has 4 aromatic carbocycles. The number of nitrogens with zero attached hydrogens (tertiary/aromatic N) is 3. The summed E-state index contributed by atoms with van der Waals surface area (Å²) < 4.78 is 4.62. The number of rotatable bonds is 10. The number of carbonyl (C=O) groups excluding carboxylic acids is 1. The molecule has 1 unspecified atom stereocenters. The lowest BCUT2D eigenvalue weighted by atomic mass is 9.81. The molecule has 2 heterocycles. The number of aryl methyl sites for hydroxylation is 2. The predicted molar refractivity (Wildman–Crippen MR) is 207 cm³/mol. The minimum absolute atomic E-state index is 0.0904. The number of aromatic nitrogens is 2. The molecule has 1 N–H and O–H groups in total. The van der Waals surface area contributed by atoms with Gasteiger partial charge in [0.15, 0.2) is 16.8 Å². The highest BCUT2D eigenvalue weighted by Gasteiger charge is 2.42. The lowest BCUT2D eigenvalue weighted by Crippen LogP contribution is -2.36. The molecule has 1 aromatic heterocycles. The Labute approximate surface area is 300 Å². The molecular weight excluding hydrogens is 635 g/mol. The van der Waals surface area contributed by atoms with Crippen molar-refractivity contribution in [3.63, 3.8) is 0 Å². The second-order valence-corrected chi connectivity index (χ2v) is 14.8. The van der Waals surface area contributed by atoms with Gasteiger partial charge in [-0.2, -0.15) is 0 Å². The number of carbonyl (C=O) groups is 1. The molecule has 0 fully saturated rings. The molecule has 50 heavy (non-hydrogen) atoms. The highest BCUT2D eigenvalue weighted by atomic mass is 32.2. The molecule has 5 nitrogen and oxygen atoms in total. The third-order valence-electron chi connectivity index (χ3n) is 10.5. The van der Waals surface area contributed by atoms with E-state index in [1.165, 1.54) is 22.3 Å². The molecule has 1 aliphatic carbocycles. The number of fused-ring (bicyclic) bond motifs is 2. The summed E-state index contributed by atoms with van der Waals surface area (Å²) in [5.41, 5.74) is 9.06. The number of anilines is 1. The van der Waals surface area contributed by atoms with Crippen LogP contribution >= 0.6 is 11.8 Å². The summed E-state index contributed by atoms with van der Waals surface area (Å²) in [6, 6.07) is 35.1. The van der Waals surface area contributed by atoms with Crippen molar-refractivity contribution in [1.82, 2.24) is 4.57 Å². The van der Waals surface area contributed by atoms with Crippen molar-refractivity contribution in [2.45, 2.75) is 71.4 Å². The molecule has 2 aliphatic rings. The summed E-state index contributed by atoms with van der Waals surface area (Å²) in [5, 5.41) is 11.4. The van der Waals surface area contributed by atoms with Crippen LogP contribution in [0, 0.1) is 0 Å². The molecule has 6 heteroatoms. The number of likely N-dealkylation sites (N-methyl/N-ethyl adjacent to an activating group) is 1. The van der Waals surface area contributed by atoms with E-state index in [1.807, 2.05) is 49.4 Å². The van der Waals surface area contributed by atoms with Gasteiger partial charge in [-0.1, -0.05) is 98.8 Å².